The molecule has 1 aliphatic carbocycles. The van der Waals surface area contributed by atoms with Gasteiger partial charge in [0.05, 0.1) is 10.0 Å². The van der Waals surface area contributed by atoms with Crippen LogP contribution in [0.3, 0.4) is 0 Å². The van der Waals surface area contributed by atoms with Gasteiger partial charge in [0.25, 0.3) is 5.91 Å². The second-order valence-corrected chi connectivity index (χ2v) is 7.83. The molecule has 8 heteroatoms. The zero-order valence-electron chi connectivity index (χ0n) is 14.6. The van der Waals surface area contributed by atoms with Gasteiger partial charge in [0.1, 0.15) is 11.8 Å². The first-order chi connectivity index (χ1) is 13.0. The third-order valence-corrected chi connectivity index (χ3v) is 5.72. The van der Waals surface area contributed by atoms with Gasteiger partial charge in [-0.3, -0.25) is 9.59 Å². The second-order valence-electron chi connectivity index (χ2n) is 7.02. The maximum atomic E-state index is 12.9. The molecule has 0 unspecified atom stereocenters. The van der Waals surface area contributed by atoms with Crippen molar-refractivity contribution in [2.24, 2.45) is 0 Å². The summed E-state index contributed by atoms with van der Waals surface area (Å²) >= 11 is 11.9. The first-order valence-corrected chi connectivity index (χ1v) is 9.82. The van der Waals surface area contributed by atoms with Crippen LogP contribution < -0.4 is 5.32 Å². The summed E-state index contributed by atoms with van der Waals surface area (Å²) in [6.45, 7) is 0.518. The van der Waals surface area contributed by atoms with Crippen molar-refractivity contribution in [1.82, 2.24) is 10.1 Å². The number of carbonyl (C=O) groups is 2. The Balaban J connectivity index is 1.49. The third kappa shape index (κ3) is 3.96. The van der Waals surface area contributed by atoms with E-state index in [1.54, 1.807) is 29.2 Å². The molecule has 2 amide bonds. The minimum Gasteiger partial charge on any atom is -0.360 e. The Labute approximate surface area is 166 Å². The summed E-state index contributed by atoms with van der Waals surface area (Å²) < 4.78 is 5.29. The molecule has 1 N–H and O–H groups in total. The number of halogens is 2. The van der Waals surface area contributed by atoms with Crippen molar-refractivity contribution in [3.8, 4) is 0 Å². The van der Waals surface area contributed by atoms with Crippen molar-refractivity contribution in [2.75, 3.05) is 11.9 Å². The molecule has 142 valence electrons. The number of carbonyl (C=O) groups excluding carboxylic acids is 2. The molecule has 2 aliphatic rings. The summed E-state index contributed by atoms with van der Waals surface area (Å²) in [5, 5.41) is 7.53. The molecule has 0 bridgehead atoms. The van der Waals surface area contributed by atoms with Crippen LogP contribution in [0.25, 0.3) is 0 Å². The van der Waals surface area contributed by atoms with Crippen LogP contribution in [0, 0.1) is 0 Å². The number of benzene rings is 1. The van der Waals surface area contributed by atoms with Gasteiger partial charge in [-0.05, 0) is 50.3 Å². The summed E-state index contributed by atoms with van der Waals surface area (Å²) in [5.41, 5.74) is 0.816. The van der Waals surface area contributed by atoms with E-state index in [4.69, 9.17) is 27.7 Å². The molecule has 1 saturated heterocycles. The smallest absolute Gasteiger partial charge is 0.276 e. The van der Waals surface area contributed by atoms with Crippen LogP contribution in [0.15, 0.2) is 28.8 Å². The molecule has 6 nitrogen and oxygen atoms in total. The molecular weight excluding hydrogens is 389 g/mol. The van der Waals surface area contributed by atoms with Crippen molar-refractivity contribution in [3.63, 3.8) is 0 Å². The Hall–Kier alpha value is -2.05. The predicted molar refractivity (Wildman–Crippen MR) is 102 cm³/mol. The fraction of sp³-hybridized carbons (Fsp3) is 0.421. The normalized spacial score (nSPS) is 19.8. The van der Waals surface area contributed by atoms with E-state index in [9.17, 15) is 9.59 Å². The maximum Gasteiger partial charge on any atom is 0.276 e. The summed E-state index contributed by atoms with van der Waals surface area (Å²) in [4.78, 5) is 27.3. The van der Waals surface area contributed by atoms with E-state index in [1.165, 1.54) is 0 Å². The van der Waals surface area contributed by atoms with E-state index >= 15 is 0 Å². The van der Waals surface area contributed by atoms with Crippen molar-refractivity contribution in [1.29, 1.82) is 0 Å². The van der Waals surface area contributed by atoms with Crippen LogP contribution in [0.2, 0.25) is 10.0 Å². The van der Waals surface area contributed by atoms with E-state index in [0.717, 1.165) is 31.4 Å². The zero-order valence-corrected chi connectivity index (χ0v) is 16.1. The lowest BCUT2D eigenvalue weighted by Crippen LogP contribution is -2.50. The van der Waals surface area contributed by atoms with Crippen LogP contribution in [0.1, 0.15) is 54.3 Å². The van der Waals surface area contributed by atoms with Crippen LogP contribution in [-0.4, -0.2) is 34.5 Å². The van der Waals surface area contributed by atoms with Crippen molar-refractivity contribution in [2.45, 2.75) is 44.1 Å². The SMILES string of the molecule is O=C(Nc1ccc(Cl)c(Cl)c1)[C@@H]1CCCCN1C(=O)c1cc(C2CC2)on1. The summed E-state index contributed by atoms with van der Waals surface area (Å²) in [6, 6.07) is 6.05. The van der Waals surface area contributed by atoms with Crippen molar-refractivity contribution >= 4 is 40.7 Å². The molecule has 4 rings (SSSR count). The molecular formula is C19H19Cl2N3O3. The fourth-order valence-electron chi connectivity index (χ4n) is 3.34. The molecule has 2 aromatic rings. The largest absolute Gasteiger partial charge is 0.360 e. The van der Waals surface area contributed by atoms with Gasteiger partial charge in [-0.2, -0.15) is 0 Å². The molecule has 0 spiro atoms. The highest BCUT2D eigenvalue weighted by atomic mass is 35.5. The molecule has 0 radical (unpaired) electrons. The molecule has 1 aliphatic heterocycles. The van der Waals surface area contributed by atoms with E-state index in [2.05, 4.69) is 10.5 Å². The summed E-state index contributed by atoms with van der Waals surface area (Å²) in [7, 11) is 0. The predicted octanol–water partition coefficient (Wildman–Crippen LogP) is 4.49. The Morgan fingerprint density at radius 2 is 1.93 bits per heavy atom. The van der Waals surface area contributed by atoms with Gasteiger partial charge in [-0.1, -0.05) is 28.4 Å². The van der Waals surface area contributed by atoms with Gasteiger partial charge < -0.3 is 14.7 Å². The van der Waals surface area contributed by atoms with Crippen molar-refractivity contribution in [3.05, 3.63) is 45.8 Å². The Morgan fingerprint density at radius 1 is 1.11 bits per heavy atom. The minimum atomic E-state index is -0.554. The topological polar surface area (TPSA) is 75.4 Å². The Bertz CT molecular complexity index is 879. The van der Waals surface area contributed by atoms with Gasteiger partial charge in [0.15, 0.2) is 5.69 Å². The van der Waals surface area contributed by atoms with Crippen LogP contribution >= 0.6 is 23.2 Å². The number of aromatic nitrogens is 1. The first-order valence-electron chi connectivity index (χ1n) is 9.06. The average Bonchev–Trinajstić information content (AvgIpc) is 3.41. The van der Waals surface area contributed by atoms with Gasteiger partial charge >= 0.3 is 0 Å². The summed E-state index contributed by atoms with van der Waals surface area (Å²) in [5.74, 6) is 0.633. The van der Waals surface area contributed by atoms with E-state index in [1.807, 2.05) is 0 Å². The molecule has 1 saturated carbocycles. The number of nitrogens with zero attached hydrogens (tertiary/aromatic N) is 2. The lowest BCUT2D eigenvalue weighted by molar-refractivity contribution is -0.121. The van der Waals surface area contributed by atoms with Gasteiger partial charge in [-0.25, -0.2) is 0 Å². The monoisotopic (exact) mass is 407 g/mol. The lowest BCUT2D eigenvalue weighted by atomic mass is 10.0. The number of nitrogens with one attached hydrogen (secondary N) is 1. The molecule has 1 atom stereocenters. The molecule has 1 aromatic carbocycles. The highest BCUT2D eigenvalue weighted by Gasteiger charge is 2.35. The molecule has 2 fully saturated rings. The van der Waals surface area contributed by atoms with Gasteiger partial charge in [0.2, 0.25) is 5.91 Å². The Kier molecular flexibility index (Phi) is 5.10. The first kappa shape index (κ1) is 18.3. The molecule has 1 aromatic heterocycles. The standard InChI is InChI=1S/C19H19Cl2N3O3/c20-13-7-6-12(9-14(13)21)22-18(25)16-3-1-2-8-24(16)19(26)15-10-17(27-23-15)11-4-5-11/h6-7,9-11,16H,1-5,8H2,(H,22,25)/t16-/m0/s1. The summed E-state index contributed by atoms with van der Waals surface area (Å²) in [6.07, 6.45) is 4.49. The average molecular weight is 408 g/mol. The lowest BCUT2D eigenvalue weighted by Gasteiger charge is -2.34. The van der Waals surface area contributed by atoms with Gasteiger partial charge in [-0.15, -0.1) is 0 Å². The van der Waals surface area contributed by atoms with Crippen molar-refractivity contribution < 1.29 is 14.1 Å². The third-order valence-electron chi connectivity index (χ3n) is 4.98. The van der Waals surface area contributed by atoms with E-state index < -0.39 is 6.04 Å². The minimum absolute atomic E-state index is 0.243. The fourth-order valence-corrected chi connectivity index (χ4v) is 3.64. The number of likely N-dealkylation sites (tertiary alicyclic amines) is 1. The quantitative estimate of drug-likeness (QED) is 0.809. The molecule has 27 heavy (non-hydrogen) atoms. The van der Waals surface area contributed by atoms with Crippen LogP contribution in [-0.2, 0) is 4.79 Å². The second kappa shape index (κ2) is 7.52. The number of anilines is 1. The number of amides is 2. The van der Waals surface area contributed by atoms with Gasteiger partial charge in [0, 0.05) is 24.2 Å². The number of piperidine rings is 1. The number of hydrogen-bond acceptors (Lipinski definition) is 4. The number of rotatable bonds is 4. The highest BCUT2D eigenvalue weighted by molar-refractivity contribution is 6.42. The number of hydrogen-bond donors (Lipinski definition) is 1. The van der Waals surface area contributed by atoms with E-state index in [-0.39, 0.29) is 17.5 Å². The zero-order chi connectivity index (χ0) is 19.0. The Morgan fingerprint density at radius 3 is 2.67 bits per heavy atom. The highest BCUT2D eigenvalue weighted by Crippen LogP contribution is 2.40. The van der Waals surface area contributed by atoms with Crippen LogP contribution in [0.5, 0.6) is 0 Å². The molecule has 2 heterocycles. The maximum absolute atomic E-state index is 12.9. The van der Waals surface area contributed by atoms with Crippen LogP contribution in [0.4, 0.5) is 5.69 Å². The van der Waals surface area contributed by atoms with E-state index in [0.29, 0.717) is 34.6 Å².